The maximum Gasteiger partial charge on any atom is 0.223 e. The zero-order valence-corrected chi connectivity index (χ0v) is 12.3. The van der Waals surface area contributed by atoms with E-state index in [2.05, 4.69) is 45.4 Å². The highest BCUT2D eigenvalue weighted by molar-refractivity contribution is 5.83. The van der Waals surface area contributed by atoms with E-state index in [-0.39, 0.29) is 0 Å². The van der Waals surface area contributed by atoms with Crippen LogP contribution in [0.15, 0.2) is 42.6 Å². The van der Waals surface area contributed by atoms with E-state index in [1.54, 1.807) is 0 Å². The number of fused-ring (bicyclic) bond motifs is 1. The molecule has 4 heteroatoms. The largest absolute Gasteiger partial charge is 0.354 e. The highest BCUT2D eigenvalue weighted by atomic mass is 15.1. The Morgan fingerprint density at radius 3 is 2.86 bits per heavy atom. The van der Waals surface area contributed by atoms with Gasteiger partial charge in [-0.05, 0) is 37.6 Å². The quantitative estimate of drug-likeness (QED) is 0.788. The molecule has 0 atom stereocenters. The van der Waals surface area contributed by atoms with Crippen LogP contribution in [0.25, 0.3) is 22.2 Å². The van der Waals surface area contributed by atoms with Gasteiger partial charge in [0, 0.05) is 29.4 Å². The summed E-state index contributed by atoms with van der Waals surface area (Å²) in [6.45, 7) is 5.00. The number of nitrogens with zero attached hydrogens (tertiary/aromatic N) is 3. The average Bonchev–Trinajstić information content (AvgIpc) is 2.52. The molecule has 0 unspecified atom stereocenters. The molecule has 0 amide bonds. The van der Waals surface area contributed by atoms with Gasteiger partial charge in [0.2, 0.25) is 5.95 Å². The topological polar surface area (TPSA) is 50.7 Å². The molecule has 21 heavy (non-hydrogen) atoms. The van der Waals surface area contributed by atoms with Gasteiger partial charge in [0.15, 0.2) is 0 Å². The summed E-state index contributed by atoms with van der Waals surface area (Å²) in [6, 6.07) is 12.2. The molecular formula is C17H18N4. The summed E-state index contributed by atoms with van der Waals surface area (Å²) in [6.07, 6.45) is 2.86. The Hall–Kier alpha value is -2.49. The maximum absolute atomic E-state index is 4.61. The minimum absolute atomic E-state index is 0.693. The van der Waals surface area contributed by atoms with Gasteiger partial charge in [-0.1, -0.05) is 19.1 Å². The molecule has 106 valence electrons. The maximum atomic E-state index is 4.61. The molecule has 2 heterocycles. The molecule has 0 spiro atoms. The van der Waals surface area contributed by atoms with Crippen LogP contribution in [-0.2, 0) is 0 Å². The molecule has 2 aromatic heterocycles. The second-order valence-electron chi connectivity index (χ2n) is 5.06. The Morgan fingerprint density at radius 2 is 2.00 bits per heavy atom. The van der Waals surface area contributed by atoms with Crippen LogP contribution >= 0.6 is 0 Å². The van der Waals surface area contributed by atoms with E-state index in [1.165, 1.54) is 0 Å². The first-order valence-corrected chi connectivity index (χ1v) is 7.21. The summed E-state index contributed by atoms with van der Waals surface area (Å²) in [5.74, 6) is 0.693. The highest BCUT2D eigenvalue weighted by Crippen LogP contribution is 2.23. The summed E-state index contributed by atoms with van der Waals surface area (Å²) in [4.78, 5) is 13.4. The van der Waals surface area contributed by atoms with E-state index >= 15 is 0 Å². The first-order chi connectivity index (χ1) is 10.3. The molecule has 4 nitrogen and oxygen atoms in total. The summed E-state index contributed by atoms with van der Waals surface area (Å²) in [5, 5.41) is 4.37. The molecule has 1 aromatic carbocycles. The predicted octanol–water partition coefficient (Wildman–Crippen LogP) is 3.82. The van der Waals surface area contributed by atoms with Gasteiger partial charge in [0.05, 0.1) is 11.2 Å². The Labute approximate surface area is 124 Å². The first-order valence-electron chi connectivity index (χ1n) is 7.21. The number of hydrogen-bond acceptors (Lipinski definition) is 4. The fraction of sp³-hybridized carbons (Fsp3) is 0.235. The molecule has 0 aliphatic heterocycles. The van der Waals surface area contributed by atoms with Crippen LogP contribution in [0.1, 0.15) is 19.0 Å². The number of pyridine rings is 1. The first kappa shape index (κ1) is 13.5. The van der Waals surface area contributed by atoms with Gasteiger partial charge < -0.3 is 5.32 Å². The van der Waals surface area contributed by atoms with Gasteiger partial charge >= 0.3 is 0 Å². The Bertz CT molecular complexity index is 768. The second kappa shape index (κ2) is 5.87. The molecule has 1 N–H and O–H groups in total. The van der Waals surface area contributed by atoms with Gasteiger partial charge in [-0.3, -0.25) is 4.98 Å². The molecule has 0 bridgehead atoms. The zero-order valence-electron chi connectivity index (χ0n) is 12.3. The Balaban J connectivity index is 2.02. The summed E-state index contributed by atoms with van der Waals surface area (Å²) >= 11 is 0. The number of hydrogen-bond donors (Lipinski definition) is 1. The van der Waals surface area contributed by atoms with Crippen molar-refractivity contribution in [1.82, 2.24) is 15.0 Å². The van der Waals surface area contributed by atoms with E-state index in [4.69, 9.17) is 0 Å². The van der Waals surface area contributed by atoms with E-state index < -0.39 is 0 Å². The summed E-state index contributed by atoms with van der Waals surface area (Å²) < 4.78 is 0. The Kier molecular flexibility index (Phi) is 3.77. The van der Waals surface area contributed by atoms with Crippen LogP contribution < -0.4 is 5.32 Å². The van der Waals surface area contributed by atoms with Gasteiger partial charge in [-0.2, -0.15) is 0 Å². The van der Waals surface area contributed by atoms with Crippen molar-refractivity contribution < 1.29 is 0 Å². The molecule has 0 fully saturated rings. The van der Waals surface area contributed by atoms with Gasteiger partial charge in [-0.25, -0.2) is 9.97 Å². The van der Waals surface area contributed by atoms with Crippen molar-refractivity contribution in [2.45, 2.75) is 20.3 Å². The highest BCUT2D eigenvalue weighted by Gasteiger charge is 2.05. The lowest BCUT2D eigenvalue weighted by atomic mass is 10.1. The smallest absolute Gasteiger partial charge is 0.223 e. The van der Waals surface area contributed by atoms with Crippen molar-refractivity contribution in [3.8, 4) is 11.3 Å². The van der Waals surface area contributed by atoms with Gasteiger partial charge in [0.25, 0.3) is 0 Å². The zero-order chi connectivity index (χ0) is 14.7. The molecular weight excluding hydrogens is 260 g/mol. The van der Waals surface area contributed by atoms with Crippen LogP contribution in [-0.4, -0.2) is 21.5 Å². The molecule has 3 rings (SSSR count). The number of nitrogens with one attached hydrogen (secondary N) is 1. The van der Waals surface area contributed by atoms with Gasteiger partial charge in [-0.15, -0.1) is 0 Å². The van der Waals surface area contributed by atoms with E-state index in [0.29, 0.717) is 5.95 Å². The lowest BCUT2D eigenvalue weighted by Crippen LogP contribution is -2.05. The van der Waals surface area contributed by atoms with E-state index in [9.17, 15) is 0 Å². The third-order valence-electron chi connectivity index (χ3n) is 3.29. The molecule has 0 radical (unpaired) electrons. The summed E-state index contributed by atoms with van der Waals surface area (Å²) in [5.41, 5.74) is 3.98. The minimum Gasteiger partial charge on any atom is -0.354 e. The number of rotatable bonds is 4. The standard InChI is InChI=1S/C17H18N4/c1-3-8-19-17-20-12(2)10-16(21-17)14-6-7-15-13(11-14)5-4-9-18-15/h4-7,9-11H,3,8H2,1-2H3,(H,19,20,21). The SMILES string of the molecule is CCCNc1nc(C)cc(-c2ccc3ncccc3c2)n1. The lowest BCUT2D eigenvalue weighted by molar-refractivity contribution is 0.947. The minimum atomic E-state index is 0.693. The van der Waals surface area contributed by atoms with Crippen LogP contribution in [0.2, 0.25) is 0 Å². The van der Waals surface area contributed by atoms with Crippen molar-refractivity contribution in [3.63, 3.8) is 0 Å². The van der Waals surface area contributed by atoms with Crippen LogP contribution in [0, 0.1) is 6.92 Å². The third-order valence-corrected chi connectivity index (χ3v) is 3.29. The fourth-order valence-corrected chi connectivity index (χ4v) is 2.27. The number of anilines is 1. The third kappa shape index (κ3) is 2.99. The normalized spacial score (nSPS) is 10.8. The molecule has 0 aliphatic rings. The lowest BCUT2D eigenvalue weighted by Gasteiger charge is -2.08. The predicted molar refractivity (Wildman–Crippen MR) is 86.3 cm³/mol. The number of benzene rings is 1. The second-order valence-corrected chi connectivity index (χ2v) is 5.06. The van der Waals surface area contributed by atoms with Crippen molar-refractivity contribution in [2.24, 2.45) is 0 Å². The van der Waals surface area contributed by atoms with Crippen molar-refractivity contribution in [3.05, 3.63) is 48.3 Å². The van der Waals surface area contributed by atoms with Gasteiger partial charge in [0.1, 0.15) is 0 Å². The van der Waals surface area contributed by atoms with Crippen molar-refractivity contribution in [2.75, 3.05) is 11.9 Å². The molecule has 3 aromatic rings. The van der Waals surface area contributed by atoms with Crippen molar-refractivity contribution >= 4 is 16.9 Å². The van der Waals surface area contributed by atoms with Crippen LogP contribution in [0.3, 0.4) is 0 Å². The molecule has 0 saturated carbocycles. The van der Waals surface area contributed by atoms with Crippen LogP contribution in [0.4, 0.5) is 5.95 Å². The fourth-order valence-electron chi connectivity index (χ4n) is 2.27. The number of aryl methyl sites for hydroxylation is 1. The van der Waals surface area contributed by atoms with Crippen LogP contribution in [0.5, 0.6) is 0 Å². The van der Waals surface area contributed by atoms with E-state index in [0.717, 1.165) is 40.8 Å². The average molecular weight is 278 g/mol. The monoisotopic (exact) mass is 278 g/mol. The van der Waals surface area contributed by atoms with E-state index in [1.807, 2.05) is 31.3 Å². The Morgan fingerprint density at radius 1 is 1.10 bits per heavy atom. The summed E-state index contributed by atoms with van der Waals surface area (Å²) in [7, 11) is 0. The van der Waals surface area contributed by atoms with Crippen molar-refractivity contribution in [1.29, 1.82) is 0 Å². The molecule has 0 saturated heterocycles. The molecule has 0 aliphatic carbocycles. The number of aromatic nitrogens is 3.